The molecule has 0 saturated heterocycles. The van der Waals surface area contributed by atoms with Gasteiger partial charge in [0.1, 0.15) is 5.66 Å². The maximum absolute atomic E-state index is 13.4. The van der Waals surface area contributed by atoms with E-state index in [1.165, 1.54) is 12.0 Å². The van der Waals surface area contributed by atoms with Gasteiger partial charge >= 0.3 is 0 Å². The van der Waals surface area contributed by atoms with Crippen LogP contribution in [-0.2, 0) is 4.79 Å². The molecule has 0 aromatic heterocycles. The number of methoxy groups -OCH3 is 2. The normalized spacial score (nSPS) is 21.9. The molecule has 0 spiro atoms. The predicted molar refractivity (Wildman–Crippen MR) is 171 cm³/mol. The largest absolute Gasteiger partial charge is 0.493 e. The molecule has 3 aliphatic rings. The highest BCUT2D eigenvalue weighted by Gasteiger charge is 2.49. The second-order valence-corrected chi connectivity index (χ2v) is 11.4. The monoisotopic (exact) mass is 619 g/mol. The molecular weight excluding hydrogens is 578 g/mol. The van der Waals surface area contributed by atoms with Crippen molar-refractivity contribution in [3.05, 3.63) is 53.2 Å². The summed E-state index contributed by atoms with van der Waals surface area (Å²) in [7, 11) is 4.84. The van der Waals surface area contributed by atoms with Crippen LogP contribution in [0.15, 0.2) is 47.1 Å². The van der Waals surface area contributed by atoms with Gasteiger partial charge in [0, 0.05) is 43.6 Å². The van der Waals surface area contributed by atoms with Crippen molar-refractivity contribution in [2.75, 3.05) is 39.4 Å². The molecule has 0 aliphatic carbocycles. The number of nitrogens with two attached hydrogens (primary N) is 1. The molecule has 2 amide bonds. The molecule has 12 heteroatoms. The van der Waals surface area contributed by atoms with Crippen molar-refractivity contribution >= 4 is 36.0 Å². The van der Waals surface area contributed by atoms with Crippen LogP contribution in [-0.4, -0.2) is 81.0 Å². The zero-order chi connectivity index (χ0) is 32.1. The fourth-order valence-electron chi connectivity index (χ4n) is 5.85. The first-order valence-corrected chi connectivity index (χ1v) is 15.0. The van der Waals surface area contributed by atoms with Crippen LogP contribution >= 0.6 is 0 Å². The van der Waals surface area contributed by atoms with Crippen molar-refractivity contribution in [3.63, 3.8) is 0 Å². The molecule has 3 atom stereocenters. The number of rotatable bonds is 12. The Kier molecular flexibility index (Phi) is 9.64. The van der Waals surface area contributed by atoms with Gasteiger partial charge in [-0.2, -0.15) is 0 Å². The maximum atomic E-state index is 13.4. The fraction of sp³-hybridized carbons (Fsp3) is 0.424. The number of likely N-dealkylation sites (N-methyl/N-ethyl adjacent to an activating group) is 1. The second kappa shape index (κ2) is 13.6. The number of anilines is 1. The number of nitrogens with one attached hydrogen (secondary N) is 1. The van der Waals surface area contributed by atoms with E-state index in [9.17, 15) is 14.7 Å². The van der Waals surface area contributed by atoms with E-state index in [2.05, 4.69) is 10.3 Å². The number of aliphatic hydroxyl groups is 1. The first-order chi connectivity index (χ1) is 21.7. The molecule has 45 heavy (non-hydrogen) atoms. The van der Waals surface area contributed by atoms with E-state index in [1.54, 1.807) is 49.7 Å². The Morgan fingerprint density at radius 2 is 1.76 bits per heavy atom. The van der Waals surface area contributed by atoms with Gasteiger partial charge in [-0.05, 0) is 44.7 Å². The van der Waals surface area contributed by atoms with Crippen LogP contribution in [0.25, 0.3) is 6.08 Å². The minimum absolute atomic E-state index is 0.172. The summed E-state index contributed by atoms with van der Waals surface area (Å²) in [5.74, 6) is 1.81. The number of hydrogen-bond acceptors (Lipinski definition) is 10. The summed E-state index contributed by atoms with van der Waals surface area (Å²) in [5.41, 5.74) is 8.88. The second-order valence-electron chi connectivity index (χ2n) is 11.4. The zero-order valence-electron chi connectivity index (χ0n) is 26.1. The average molecular weight is 620 g/mol. The van der Waals surface area contributed by atoms with E-state index in [1.807, 2.05) is 25.1 Å². The number of unbranched alkanes of at least 4 members (excludes halogenated alkanes) is 2. The van der Waals surface area contributed by atoms with Crippen LogP contribution < -0.4 is 34.9 Å². The van der Waals surface area contributed by atoms with E-state index < -0.39 is 11.9 Å². The van der Waals surface area contributed by atoms with E-state index >= 15 is 0 Å². The summed E-state index contributed by atoms with van der Waals surface area (Å²) < 4.78 is 23.3. The Labute approximate surface area is 263 Å². The molecule has 0 radical (unpaired) electrons. The van der Waals surface area contributed by atoms with Crippen molar-refractivity contribution in [2.45, 2.75) is 57.0 Å². The number of nitrogens with zero attached hydrogens (tertiary/aromatic N) is 3. The van der Waals surface area contributed by atoms with Crippen LogP contribution in [0.1, 0.15) is 54.9 Å². The highest BCUT2D eigenvalue weighted by molar-refractivity contribution is 6.02. The van der Waals surface area contributed by atoms with Gasteiger partial charge in [0.05, 0.1) is 50.4 Å². The van der Waals surface area contributed by atoms with Crippen molar-refractivity contribution in [1.82, 2.24) is 10.2 Å². The molecule has 2 aromatic rings. The van der Waals surface area contributed by atoms with Gasteiger partial charge in [0.25, 0.3) is 5.91 Å². The van der Waals surface area contributed by atoms with Gasteiger partial charge in [0.2, 0.25) is 6.41 Å². The standard InChI is InChI=1S/C33H41N5O7/c1-21-13-22-15-27(42-3)29(17-25(22)35-19-23(14-21)36-20-39)44-11-6-5-7-12-45-30-18-26-24(16-28(30)43-4)31(40)38-10-8-9-33(38,34)32(41)37(26)2/h8,10,13,15-20,23,32,41H,5-7,9,11-12,14,34H2,1-4H3,(H,36,39). The number of amides is 2. The number of carbonyl (C=O) groups excluding carboxylic acids is 2. The number of carbonyl (C=O) groups is 2. The summed E-state index contributed by atoms with van der Waals surface area (Å²) in [6.45, 7) is 2.91. The van der Waals surface area contributed by atoms with Crippen LogP contribution in [0.5, 0.6) is 23.0 Å². The lowest BCUT2D eigenvalue weighted by Gasteiger charge is -2.39. The van der Waals surface area contributed by atoms with Crippen molar-refractivity contribution in [1.29, 1.82) is 0 Å². The number of fused-ring (bicyclic) bond motifs is 3. The van der Waals surface area contributed by atoms with Gasteiger partial charge in [-0.15, -0.1) is 0 Å². The highest BCUT2D eigenvalue weighted by Crippen LogP contribution is 2.42. The quantitative estimate of drug-likeness (QED) is 0.239. The minimum atomic E-state index is -1.26. The molecule has 5 rings (SSSR count). The number of ether oxygens (including phenoxy) is 4. The number of benzene rings is 2. The zero-order valence-corrected chi connectivity index (χ0v) is 26.1. The van der Waals surface area contributed by atoms with Gasteiger partial charge in [0.15, 0.2) is 29.2 Å². The lowest BCUT2D eigenvalue weighted by Crippen LogP contribution is -2.64. The molecule has 3 heterocycles. The Morgan fingerprint density at radius 3 is 2.44 bits per heavy atom. The number of hydrogen-bond donors (Lipinski definition) is 3. The van der Waals surface area contributed by atoms with E-state index in [4.69, 9.17) is 24.7 Å². The molecule has 2 aromatic carbocycles. The third kappa shape index (κ3) is 6.47. The summed E-state index contributed by atoms with van der Waals surface area (Å²) >= 11 is 0. The Balaban J connectivity index is 1.18. The third-order valence-corrected chi connectivity index (χ3v) is 8.31. The lowest BCUT2D eigenvalue weighted by atomic mass is 10.0. The van der Waals surface area contributed by atoms with Crippen LogP contribution in [0.3, 0.4) is 0 Å². The molecule has 0 bridgehead atoms. The van der Waals surface area contributed by atoms with E-state index in [0.717, 1.165) is 36.1 Å². The minimum Gasteiger partial charge on any atom is -0.493 e. The smallest absolute Gasteiger partial charge is 0.261 e. The Morgan fingerprint density at radius 1 is 1.07 bits per heavy atom. The average Bonchev–Trinajstić information content (AvgIpc) is 3.41. The van der Waals surface area contributed by atoms with Crippen LogP contribution in [0.4, 0.5) is 11.4 Å². The highest BCUT2D eigenvalue weighted by atomic mass is 16.5. The molecule has 12 nitrogen and oxygen atoms in total. The molecule has 3 aliphatic heterocycles. The number of aliphatic imine (C=N–C) groups is 1. The Hall–Kier alpha value is -4.55. The van der Waals surface area contributed by atoms with Crippen LogP contribution in [0, 0.1) is 0 Å². The number of aliphatic hydroxyl groups excluding tert-OH is 1. The summed E-state index contributed by atoms with van der Waals surface area (Å²) in [6, 6.07) is 6.96. The molecular formula is C33H41N5O7. The molecule has 240 valence electrons. The molecule has 3 unspecified atom stereocenters. The summed E-state index contributed by atoms with van der Waals surface area (Å²) in [4.78, 5) is 31.9. The molecule has 4 N–H and O–H groups in total. The SMILES string of the molecule is COc1cc2c(cc1OCCCCCOc1cc3c(cc1OC)C(=O)N1C=CCC1(N)C(O)N3C)N=CC(NC=O)CC(C)=C2. The van der Waals surface area contributed by atoms with E-state index in [-0.39, 0.29) is 11.9 Å². The molecule has 0 saturated carbocycles. The predicted octanol–water partition coefficient (Wildman–Crippen LogP) is 3.74. The van der Waals surface area contributed by atoms with Gasteiger partial charge in [-0.25, -0.2) is 0 Å². The Bertz CT molecular complexity index is 1520. The third-order valence-electron chi connectivity index (χ3n) is 8.31. The van der Waals surface area contributed by atoms with Crippen LogP contribution in [0.2, 0.25) is 0 Å². The first-order valence-electron chi connectivity index (χ1n) is 15.0. The van der Waals surface area contributed by atoms with E-state index in [0.29, 0.717) is 66.7 Å². The van der Waals surface area contributed by atoms with Crippen molar-refractivity contribution < 1.29 is 33.6 Å². The van der Waals surface area contributed by atoms with Crippen molar-refractivity contribution in [3.8, 4) is 23.0 Å². The molecule has 0 fully saturated rings. The first kappa shape index (κ1) is 31.9. The lowest BCUT2D eigenvalue weighted by molar-refractivity contribution is -0.109. The van der Waals surface area contributed by atoms with Gasteiger partial charge in [-0.1, -0.05) is 17.7 Å². The summed E-state index contributed by atoms with van der Waals surface area (Å²) in [5, 5.41) is 13.8. The fourth-order valence-corrected chi connectivity index (χ4v) is 5.85. The van der Waals surface area contributed by atoms with Gasteiger partial charge < -0.3 is 40.0 Å². The topological polar surface area (TPSA) is 148 Å². The van der Waals surface area contributed by atoms with Crippen molar-refractivity contribution in [2.24, 2.45) is 10.7 Å². The maximum Gasteiger partial charge on any atom is 0.261 e. The summed E-state index contributed by atoms with van der Waals surface area (Å²) in [6.07, 6.45) is 10.2. The van der Waals surface area contributed by atoms with Gasteiger partial charge in [-0.3, -0.25) is 19.5 Å².